The summed E-state index contributed by atoms with van der Waals surface area (Å²) in [5.74, 6) is -0.0394. The SMILES string of the molecule is Cc1cc(CCC(=O)O)ccc1OCC1=C(c2ccc(Cl)cc2)C[C@@](C)(F)CC1. The summed E-state index contributed by atoms with van der Waals surface area (Å²) < 4.78 is 20.8. The molecule has 2 aromatic rings. The predicted octanol–water partition coefficient (Wildman–Crippen LogP) is 6.41. The first-order valence-electron chi connectivity index (χ1n) is 9.83. The lowest BCUT2D eigenvalue weighted by molar-refractivity contribution is -0.136. The molecule has 154 valence electrons. The maximum atomic E-state index is 14.7. The van der Waals surface area contributed by atoms with Gasteiger partial charge in [-0.15, -0.1) is 0 Å². The van der Waals surface area contributed by atoms with E-state index < -0.39 is 11.6 Å². The molecule has 0 saturated heterocycles. The summed E-state index contributed by atoms with van der Waals surface area (Å²) in [6.07, 6.45) is 2.10. The Bertz CT molecular complexity index is 916. The molecule has 0 aliphatic heterocycles. The van der Waals surface area contributed by atoms with Gasteiger partial charge >= 0.3 is 5.97 Å². The van der Waals surface area contributed by atoms with Gasteiger partial charge in [0.25, 0.3) is 0 Å². The summed E-state index contributed by atoms with van der Waals surface area (Å²) >= 11 is 6.01. The van der Waals surface area contributed by atoms with Gasteiger partial charge in [-0.25, -0.2) is 4.39 Å². The number of benzene rings is 2. The number of allylic oxidation sites excluding steroid dienone is 1. The molecule has 0 aromatic heterocycles. The molecule has 3 nitrogen and oxygen atoms in total. The zero-order valence-electron chi connectivity index (χ0n) is 16.8. The number of hydrogen-bond acceptors (Lipinski definition) is 2. The molecule has 1 aliphatic carbocycles. The van der Waals surface area contributed by atoms with E-state index in [-0.39, 0.29) is 6.42 Å². The molecule has 0 fully saturated rings. The molecule has 29 heavy (non-hydrogen) atoms. The molecular weight excluding hydrogens is 391 g/mol. The summed E-state index contributed by atoms with van der Waals surface area (Å²) in [6, 6.07) is 13.3. The lowest BCUT2D eigenvalue weighted by Gasteiger charge is -2.30. The first kappa shape index (κ1) is 21.4. The number of halogens is 2. The zero-order chi connectivity index (χ0) is 21.0. The van der Waals surface area contributed by atoms with E-state index in [0.717, 1.165) is 33.6 Å². The Labute approximate surface area is 176 Å². The fraction of sp³-hybridized carbons (Fsp3) is 0.375. The van der Waals surface area contributed by atoms with Crippen molar-refractivity contribution in [1.29, 1.82) is 0 Å². The number of carboxylic acid groups (broad SMARTS) is 1. The Morgan fingerprint density at radius 1 is 1.24 bits per heavy atom. The molecular formula is C24H26ClFO3. The minimum absolute atomic E-state index is 0.110. The van der Waals surface area contributed by atoms with Crippen molar-refractivity contribution in [1.82, 2.24) is 0 Å². The monoisotopic (exact) mass is 416 g/mol. The van der Waals surface area contributed by atoms with Gasteiger partial charge in [0.15, 0.2) is 0 Å². The number of aryl methyl sites for hydroxylation is 2. The molecule has 0 unspecified atom stereocenters. The highest BCUT2D eigenvalue weighted by Crippen LogP contribution is 2.40. The van der Waals surface area contributed by atoms with Crippen molar-refractivity contribution in [2.75, 3.05) is 6.61 Å². The van der Waals surface area contributed by atoms with Crippen molar-refractivity contribution in [3.8, 4) is 5.75 Å². The molecule has 0 spiro atoms. The van der Waals surface area contributed by atoms with E-state index in [1.165, 1.54) is 0 Å². The Kier molecular flexibility index (Phi) is 6.63. The number of carbonyl (C=O) groups is 1. The van der Waals surface area contributed by atoms with Gasteiger partial charge in [0.1, 0.15) is 18.0 Å². The van der Waals surface area contributed by atoms with Crippen LogP contribution >= 0.6 is 11.6 Å². The van der Waals surface area contributed by atoms with Crippen LogP contribution in [-0.4, -0.2) is 23.4 Å². The summed E-state index contributed by atoms with van der Waals surface area (Å²) in [4.78, 5) is 10.8. The largest absolute Gasteiger partial charge is 0.489 e. The number of hydrogen-bond donors (Lipinski definition) is 1. The molecule has 0 saturated carbocycles. The Balaban J connectivity index is 1.78. The third kappa shape index (κ3) is 5.83. The van der Waals surface area contributed by atoms with Crippen LogP contribution < -0.4 is 4.74 Å². The van der Waals surface area contributed by atoms with E-state index in [2.05, 4.69) is 0 Å². The van der Waals surface area contributed by atoms with Crippen LogP contribution in [0, 0.1) is 6.92 Å². The molecule has 0 amide bonds. The van der Waals surface area contributed by atoms with E-state index in [1.54, 1.807) is 6.92 Å². The number of ether oxygens (including phenoxy) is 1. The highest BCUT2D eigenvalue weighted by Gasteiger charge is 2.31. The van der Waals surface area contributed by atoms with Gasteiger partial charge in [0, 0.05) is 17.9 Å². The van der Waals surface area contributed by atoms with Crippen molar-refractivity contribution in [2.45, 2.75) is 51.6 Å². The van der Waals surface area contributed by atoms with Crippen LogP contribution in [0.2, 0.25) is 5.02 Å². The smallest absolute Gasteiger partial charge is 0.303 e. The van der Waals surface area contributed by atoms with Gasteiger partial charge in [0.2, 0.25) is 0 Å². The van der Waals surface area contributed by atoms with Crippen LogP contribution in [-0.2, 0) is 11.2 Å². The molecule has 1 aliphatic rings. The molecule has 0 heterocycles. The van der Waals surface area contributed by atoms with Gasteiger partial charge in [-0.2, -0.15) is 0 Å². The average Bonchev–Trinajstić information content (AvgIpc) is 2.66. The van der Waals surface area contributed by atoms with Crippen LogP contribution in [0.15, 0.2) is 48.0 Å². The van der Waals surface area contributed by atoms with E-state index in [4.69, 9.17) is 21.4 Å². The third-order valence-corrected chi connectivity index (χ3v) is 5.63. The van der Waals surface area contributed by atoms with Gasteiger partial charge in [0.05, 0.1) is 0 Å². The maximum absolute atomic E-state index is 14.7. The number of alkyl halides is 1. The average molecular weight is 417 g/mol. The van der Waals surface area contributed by atoms with E-state index in [0.29, 0.717) is 37.3 Å². The summed E-state index contributed by atoms with van der Waals surface area (Å²) in [7, 11) is 0. The lowest BCUT2D eigenvalue weighted by atomic mass is 9.80. The molecule has 1 atom stereocenters. The van der Waals surface area contributed by atoms with Gasteiger partial charge in [-0.3, -0.25) is 4.79 Å². The molecule has 3 rings (SSSR count). The van der Waals surface area contributed by atoms with Crippen molar-refractivity contribution < 1.29 is 19.0 Å². The highest BCUT2D eigenvalue weighted by molar-refractivity contribution is 6.30. The second-order valence-electron chi connectivity index (χ2n) is 7.96. The number of rotatable bonds is 7. The highest BCUT2D eigenvalue weighted by atomic mass is 35.5. The van der Waals surface area contributed by atoms with Crippen molar-refractivity contribution in [2.24, 2.45) is 0 Å². The summed E-state index contributed by atoms with van der Waals surface area (Å²) in [6.45, 7) is 4.01. The Hall–Kier alpha value is -2.33. The standard InChI is InChI=1S/C24H26ClFO3/c1-16-13-17(4-10-23(27)28)3-9-22(16)29-15-19-11-12-24(2,26)14-21(19)18-5-7-20(25)8-6-18/h3,5-9,13H,4,10-12,14-15H2,1-2H3,(H,27,28)/t24-/m0/s1. The van der Waals surface area contributed by atoms with E-state index in [1.807, 2.05) is 49.4 Å². The van der Waals surface area contributed by atoms with Crippen LogP contribution in [0.4, 0.5) is 4.39 Å². The zero-order valence-corrected chi connectivity index (χ0v) is 17.6. The summed E-state index contributed by atoms with van der Waals surface area (Å²) in [5.41, 5.74) is 3.81. The van der Waals surface area contributed by atoms with Crippen LogP contribution in [0.1, 0.15) is 49.3 Å². The maximum Gasteiger partial charge on any atom is 0.303 e. The number of aliphatic carboxylic acids is 1. The normalized spacial score (nSPS) is 19.3. The fourth-order valence-corrected chi connectivity index (χ4v) is 3.83. The van der Waals surface area contributed by atoms with Crippen molar-refractivity contribution in [3.05, 3.63) is 69.8 Å². The Morgan fingerprint density at radius 3 is 2.62 bits per heavy atom. The van der Waals surface area contributed by atoms with Gasteiger partial charge < -0.3 is 9.84 Å². The van der Waals surface area contributed by atoms with Gasteiger partial charge in [-0.1, -0.05) is 35.9 Å². The second kappa shape index (κ2) is 9.00. The fourth-order valence-electron chi connectivity index (χ4n) is 3.71. The minimum atomic E-state index is -1.22. The first-order valence-corrected chi connectivity index (χ1v) is 10.2. The number of carboxylic acids is 1. The van der Waals surface area contributed by atoms with Crippen LogP contribution in [0.5, 0.6) is 5.75 Å². The lowest BCUT2D eigenvalue weighted by Crippen LogP contribution is -2.25. The molecule has 2 aromatic carbocycles. The van der Waals surface area contributed by atoms with E-state index >= 15 is 0 Å². The second-order valence-corrected chi connectivity index (χ2v) is 8.40. The Morgan fingerprint density at radius 2 is 1.97 bits per heavy atom. The van der Waals surface area contributed by atoms with Crippen LogP contribution in [0.3, 0.4) is 0 Å². The van der Waals surface area contributed by atoms with Gasteiger partial charge in [-0.05, 0) is 79.1 Å². The van der Waals surface area contributed by atoms with Crippen molar-refractivity contribution in [3.63, 3.8) is 0 Å². The predicted molar refractivity (Wildman–Crippen MR) is 114 cm³/mol. The minimum Gasteiger partial charge on any atom is -0.489 e. The summed E-state index contributed by atoms with van der Waals surface area (Å²) in [5, 5.41) is 9.49. The first-order chi connectivity index (χ1) is 13.7. The van der Waals surface area contributed by atoms with Crippen LogP contribution in [0.25, 0.3) is 5.57 Å². The molecule has 1 N–H and O–H groups in total. The quantitative estimate of drug-likeness (QED) is 0.567. The van der Waals surface area contributed by atoms with E-state index in [9.17, 15) is 9.18 Å². The van der Waals surface area contributed by atoms with Crippen molar-refractivity contribution >= 4 is 23.1 Å². The molecule has 0 bridgehead atoms. The third-order valence-electron chi connectivity index (χ3n) is 5.38. The molecule has 0 radical (unpaired) electrons. The molecule has 5 heteroatoms. The topological polar surface area (TPSA) is 46.5 Å².